The van der Waals surface area contributed by atoms with E-state index in [9.17, 15) is 0 Å². The largest absolute Gasteiger partial charge is 0.489 e. The van der Waals surface area contributed by atoms with Gasteiger partial charge in [-0.05, 0) is 48.4 Å². The number of aromatic nitrogens is 3. The van der Waals surface area contributed by atoms with Crippen LogP contribution in [0.15, 0.2) is 79.1 Å². The van der Waals surface area contributed by atoms with Crippen LogP contribution in [0.3, 0.4) is 0 Å². The number of hydrogen-bond acceptors (Lipinski definition) is 4. The van der Waals surface area contributed by atoms with Crippen LogP contribution in [-0.4, -0.2) is 21.3 Å². The fraction of sp³-hybridized carbons (Fsp3) is 0.130. The van der Waals surface area contributed by atoms with Gasteiger partial charge in [-0.1, -0.05) is 30.3 Å². The van der Waals surface area contributed by atoms with Gasteiger partial charge in [-0.2, -0.15) is 5.10 Å². The molecule has 0 saturated carbocycles. The van der Waals surface area contributed by atoms with Crippen LogP contribution in [0.5, 0.6) is 5.75 Å². The van der Waals surface area contributed by atoms with Crippen LogP contribution in [0.2, 0.25) is 0 Å². The second-order valence-corrected chi connectivity index (χ2v) is 6.77. The molecule has 0 atom stereocenters. The van der Waals surface area contributed by atoms with E-state index in [1.807, 2.05) is 71.7 Å². The number of ether oxygens (including phenoxy) is 1. The van der Waals surface area contributed by atoms with Crippen LogP contribution in [0.25, 0.3) is 16.9 Å². The molecule has 1 N–H and O–H groups in total. The van der Waals surface area contributed by atoms with Gasteiger partial charge in [0.15, 0.2) is 0 Å². The Bertz CT molecular complexity index is 1070. The Morgan fingerprint density at radius 1 is 0.929 bits per heavy atom. The summed E-state index contributed by atoms with van der Waals surface area (Å²) in [6.07, 6.45) is 4.59. The lowest BCUT2D eigenvalue weighted by atomic mass is 10.1. The summed E-state index contributed by atoms with van der Waals surface area (Å²) in [5, 5.41) is 8.35. The lowest BCUT2D eigenvalue weighted by Gasteiger charge is -2.09. The molecule has 28 heavy (non-hydrogen) atoms. The van der Waals surface area contributed by atoms with Gasteiger partial charge < -0.3 is 10.1 Å². The molecular weight excluding hydrogens is 348 g/mol. The van der Waals surface area contributed by atoms with Crippen LogP contribution in [0.1, 0.15) is 11.1 Å². The monoisotopic (exact) mass is 368 g/mol. The van der Waals surface area contributed by atoms with E-state index in [-0.39, 0.29) is 0 Å². The first-order valence-electron chi connectivity index (χ1n) is 9.42. The summed E-state index contributed by atoms with van der Waals surface area (Å²) in [7, 11) is 0. The second kappa shape index (κ2) is 7.19. The molecule has 2 aromatic carbocycles. The maximum absolute atomic E-state index is 5.90. The highest BCUT2D eigenvalue weighted by molar-refractivity contribution is 5.72. The molecular formula is C23H20N4O. The number of anilines is 1. The molecule has 4 aromatic rings. The number of hydrogen-bond donors (Lipinski definition) is 1. The molecule has 138 valence electrons. The van der Waals surface area contributed by atoms with Gasteiger partial charge in [0.25, 0.3) is 0 Å². The predicted octanol–water partition coefficient (Wildman–Crippen LogP) is 4.48. The highest BCUT2D eigenvalue weighted by atomic mass is 16.5. The number of rotatable bonds is 5. The number of nitrogens with zero attached hydrogens (tertiary/aromatic N) is 3. The maximum atomic E-state index is 5.90. The van der Waals surface area contributed by atoms with Gasteiger partial charge in [0.1, 0.15) is 18.2 Å². The fourth-order valence-electron chi connectivity index (χ4n) is 3.53. The molecule has 5 heteroatoms. The second-order valence-electron chi connectivity index (χ2n) is 6.77. The molecule has 5 rings (SSSR count). The Hall–Kier alpha value is -3.60. The minimum absolute atomic E-state index is 0.561. The lowest BCUT2D eigenvalue weighted by Crippen LogP contribution is -2.04. The minimum atomic E-state index is 0.561. The standard InChI is InChI=1S/C23H20N4O/c1-2-4-17(5-3-1)16-28-20-8-6-19(7-9-20)27-23-21(12-15-25-23)22(26-27)18-10-13-24-14-11-18/h1-11,13-14,25H,12,15-16H2. The summed E-state index contributed by atoms with van der Waals surface area (Å²) >= 11 is 0. The summed E-state index contributed by atoms with van der Waals surface area (Å²) < 4.78 is 7.88. The third kappa shape index (κ3) is 3.11. The van der Waals surface area contributed by atoms with E-state index in [2.05, 4.69) is 22.4 Å². The zero-order chi connectivity index (χ0) is 18.8. The number of fused-ring (bicyclic) bond motifs is 1. The van der Waals surface area contributed by atoms with E-state index in [1.165, 1.54) is 5.56 Å². The Kier molecular flexibility index (Phi) is 4.26. The molecule has 0 unspecified atom stereocenters. The summed E-state index contributed by atoms with van der Waals surface area (Å²) in [6.45, 7) is 1.49. The van der Waals surface area contributed by atoms with Gasteiger partial charge in [-0.25, -0.2) is 4.68 Å². The molecule has 0 aliphatic carbocycles. The van der Waals surface area contributed by atoms with Crippen molar-refractivity contribution >= 4 is 5.82 Å². The highest BCUT2D eigenvalue weighted by Crippen LogP contribution is 2.34. The molecule has 3 heterocycles. The maximum Gasteiger partial charge on any atom is 0.133 e. The number of pyridine rings is 1. The van der Waals surface area contributed by atoms with Crippen LogP contribution in [-0.2, 0) is 13.0 Å². The topological polar surface area (TPSA) is 52.0 Å². The molecule has 1 aliphatic heterocycles. The van der Waals surface area contributed by atoms with Gasteiger partial charge in [-0.15, -0.1) is 0 Å². The first-order valence-corrected chi connectivity index (χ1v) is 9.42. The van der Waals surface area contributed by atoms with Crippen molar-refractivity contribution in [2.24, 2.45) is 0 Å². The average molecular weight is 368 g/mol. The SMILES string of the molecule is c1ccc(COc2ccc(-n3nc(-c4ccncc4)c4c3NCC4)cc2)cc1. The van der Waals surface area contributed by atoms with Crippen molar-refractivity contribution in [2.75, 3.05) is 11.9 Å². The summed E-state index contributed by atoms with van der Waals surface area (Å²) in [6, 6.07) is 22.3. The van der Waals surface area contributed by atoms with Gasteiger partial charge >= 0.3 is 0 Å². The van der Waals surface area contributed by atoms with E-state index in [1.54, 1.807) is 0 Å². The van der Waals surface area contributed by atoms with Crippen molar-refractivity contribution in [1.82, 2.24) is 14.8 Å². The molecule has 0 bridgehead atoms. The van der Waals surface area contributed by atoms with Gasteiger partial charge in [0.05, 0.1) is 11.4 Å². The Labute approximate surface area is 163 Å². The van der Waals surface area contributed by atoms with E-state index in [4.69, 9.17) is 9.84 Å². The molecule has 0 saturated heterocycles. The lowest BCUT2D eigenvalue weighted by molar-refractivity contribution is 0.306. The Morgan fingerprint density at radius 2 is 1.71 bits per heavy atom. The fourth-order valence-corrected chi connectivity index (χ4v) is 3.53. The van der Waals surface area contributed by atoms with Crippen LogP contribution < -0.4 is 10.1 Å². The first-order chi connectivity index (χ1) is 13.9. The quantitative estimate of drug-likeness (QED) is 0.564. The zero-order valence-electron chi connectivity index (χ0n) is 15.4. The molecule has 0 radical (unpaired) electrons. The third-order valence-corrected chi connectivity index (χ3v) is 4.93. The number of nitrogens with one attached hydrogen (secondary N) is 1. The third-order valence-electron chi connectivity index (χ3n) is 4.93. The van der Waals surface area contributed by atoms with Gasteiger partial charge in [-0.3, -0.25) is 4.98 Å². The Morgan fingerprint density at radius 3 is 2.50 bits per heavy atom. The smallest absolute Gasteiger partial charge is 0.133 e. The van der Waals surface area contributed by atoms with E-state index >= 15 is 0 Å². The van der Waals surface area contributed by atoms with Gasteiger partial charge in [0.2, 0.25) is 0 Å². The molecule has 1 aliphatic rings. The summed E-state index contributed by atoms with van der Waals surface area (Å²) in [4.78, 5) is 4.11. The normalized spacial score (nSPS) is 12.4. The van der Waals surface area contributed by atoms with Crippen LogP contribution >= 0.6 is 0 Å². The van der Waals surface area contributed by atoms with Crippen molar-refractivity contribution in [3.05, 3.63) is 90.3 Å². The van der Waals surface area contributed by atoms with E-state index in [0.29, 0.717) is 6.61 Å². The zero-order valence-corrected chi connectivity index (χ0v) is 15.4. The molecule has 5 nitrogen and oxygen atoms in total. The van der Waals surface area contributed by atoms with Crippen LogP contribution in [0.4, 0.5) is 5.82 Å². The first kappa shape index (κ1) is 16.6. The van der Waals surface area contributed by atoms with E-state index in [0.717, 1.165) is 47.0 Å². The van der Waals surface area contributed by atoms with Crippen molar-refractivity contribution < 1.29 is 4.74 Å². The molecule has 0 spiro atoms. The summed E-state index contributed by atoms with van der Waals surface area (Å²) in [5.41, 5.74) is 5.54. The number of benzene rings is 2. The average Bonchev–Trinajstić information content (AvgIpc) is 3.37. The summed E-state index contributed by atoms with van der Waals surface area (Å²) in [5.74, 6) is 1.92. The van der Waals surface area contributed by atoms with Crippen molar-refractivity contribution in [1.29, 1.82) is 0 Å². The molecule has 2 aromatic heterocycles. The van der Waals surface area contributed by atoms with Crippen molar-refractivity contribution in [2.45, 2.75) is 13.0 Å². The van der Waals surface area contributed by atoms with Crippen molar-refractivity contribution in [3.8, 4) is 22.7 Å². The van der Waals surface area contributed by atoms with Crippen molar-refractivity contribution in [3.63, 3.8) is 0 Å². The minimum Gasteiger partial charge on any atom is -0.489 e. The van der Waals surface area contributed by atoms with Gasteiger partial charge in [0, 0.05) is 30.1 Å². The highest BCUT2D eigenvalue weighted by Gasteiger charge is 2.23. The predicted molar refractivity (Wildman–Crippen MR) is 110 cm³/mol. The molecule has 0 fully saturated rings. The van der Waals surface area contributed by atoms with Crippen LogP contribution in [0, 0.1) is 0 Å². The molecule has 0 amide bonds. The van der Waals surface area contributed by atoms with E-state index < -0.39 is 0 Å². The Balaban J connectivity index is 1.41.